The number of hydrogen-bond donors (Lipinski definition) is 3. The molecule has 1 aliphatic carbocycles. The summed E-state index contributed by atoms with van der Waals surface area (Å²) < 4.78 is 0. The van der Waals surface area contributed by atoms with Crippen LogP contribution in [0.4, 0.5) is 0 Å². The molecule has 3 amide bonds. The molecule has 3 fully saturated rings. The highest BCUT2D eigenvalue weighted by atomic mass is 16.2. The fraction of sp³-hybridized carbons (Fsp3) is 0.591. The number of nitrogens with zero attached hydrogens (tertiary/aromatic N) is 1. The number of hydrogen-bond acceptors (Lipinski definition) is 5. The van der Waals surface area contributed by atoms with Gasteiger partial charge in [-0.15, -0.1) is 0 Å². The molecule has 0 bridgehead atoms. The van der Waals surface area contributed by atoms with Crippen LogP contribution in [0.25, 0.3) is 0 Å². The van der Waals surface area contributed by atoms with Gasteiger partial charge in [0.1, 0.15) is 6.04 Å². The van der Waals surface area contributed by atoms with E-state index in [4.69, 9.17) is 0 Å². The van der Waals surface area contributed by atoms with Crippen molar-refractivity contribution >= 4 is 17.7 Å². The van der Waals surface area contributed by atoms with Crippen molar-refractivity contribution in [2.45, 2.75) is 69.7 Å². The van der Waals surface area contributed by atoms with Crippen LogP contribution in [-0.4, -0.2) is 47.3 Å². The molecule has 1 aromatic rings. The monoisotopic (exact) mass is 396 g/mol. The molecule has 3 N–H and O–H groups in total. The molecule has 0 spiro atoms. The third-order valence-corrected chi connectivity index (χ3v) is 6.82. The normalized spacial score (nSPS) is 29.7. The molecule has 4 aliphatic rings. The number of benzene rings is 1. The fourth-order valence-corrected chi connectivity index (χ4v) is 4.97. The average Bonchev–Trinajstić information content (AvgIpc) is 3.52. The molecule has 1 saturated carbocycles. The Balaban J connectivity index is 1.22. The van der Waals surface area contributed by atoms with Crippen molar-refractivity contribution in [3.8, 4) is 0 Å². The Morgan fingerprint density at radius 2 is 1.97 bits per heavy atom. The van der Waals surface area contributed by atoms with E-state index in [1.807, 2.05) is 12.1 Å². The van der Waals surface area contributed by atoms with Crippen molar-refractivity contribution < 1.29 is 14.4 Å². The van der Waals surface area contributed by atoms with Gasteiger partial charge in [-0.25, -0.2) is 0 Å². The maximum atomic E-state index is 12.9. The summed E-state index contributed by atoms with van der Waals surface area (Å²) in [4.78, 5) is 38.1. The zero-order valence-electron chi connectivity index (χ0n) is 16.6. The Kier molecular flexibility index (Phi) is 4.87. The highest BCUT2D eigenvalue weighted by molar-refractivity contribution is 6.05. The van der Waals surface area contributed by atoms with Crippen LogP contribution in [0.5, 0.6) is 0 Å². The number of carbonyl (C=O) groups excluding carboxylic acids is 3. The van der Waals surface area contributed by atoms with E-state index < -0.39 is 6.04 Å². The lowest BCUT2D eigenvalue weighted by Gasteiger charge is -2.31. The fourth-order valence-electron chi connectivity index (χ4n) is 4.97. The first-order valence-electron chi connectivity index (χ1n) is 10.8. The zero-order chi connectivity index (χ0) is 20.0. The van der Waals surface area contributed by atoms with Gasteiger partial charge in [0.15, 0.2) is 0 Å². The Labute approximate surface area is 170 Å². The van der Waals surface area contributed by atoms with Gasteiger partial charge in [0.25, 0.3) is 5.91 Å². The minimum Gasteiger partial charge on any atom is -0.322 e. The Morgan fingerprint density at radius 1 is 1.10 bits per heavy atom. The van der Waals surface area contributed by atoms with Crippen LogP contribution in [0, 0.1) is 5.92 Å². The van der Waals surface area contributed by atoms with Gasteiger partial charge in [-0.3, -0.25) is 19.7 Å². The first-order chi connectivity index (χ1) is 14.1. The molecule has 3 heterocycles. The molecule has 29 heavy (non-hydrogen) atoms. The second kappa shape index (κ2) is 7.54. The maximum absolute atomic E-state index is 12.9. The summed E-state index contributed by atoms with van der Waals surface area (Å²) in [6, 6.07) is 6.67. The standard InChI is InChI=1S/C22H28N4O3/c27-20-6-5-19(21(28)25-20)26-12-15-2-1-13(9-17(15)22(26)29)11-24-16-7-8-23-18(10-16)14-3-4-14/h1-2,9,14,16,18-19,23-24H,3-8,10-12H2,(H,25,27,28). The summed E-state index contributed by atoms with van der Waals surface area (Å²) in [5, 5.41) is 9.67. The first kappa shape index (κ1) is 18.8. The largest absolute Gasteiger partial charge is 0.322 e. The van der Waals surface area contributed by atoms with Crippen LogP contribution in [0.3, 0.4) is 0 Å². The number of piperidine rings is 2. The lowest BCUT2D eigenvalue weighted by molar-refractivity contribution is -0.136. The van der Waals surface area contributed by atoms with E-state index in [9.17, 15) is 14.4 Å². The van der Waals surface area contributed by atoms with Crippen LogP contribution in [-0.2, 0) is 22.7 Å². The van der Waals surface area contributed by atoms with Crippen molar-refractivity contribution in [3.05, 3.63) is 34.9 Å². The van der Waals surface area contributed by atoms with Crippen molar-refractivity contribution in [3.63, 3.8) is 0 Å². The van der Waals surface area contributed by atoms with Gasteiger partial charge < -0.3 is 15.5 Å². The zero-order valence-corrected chi connectivity index (χ0v) is 16.6. The van der Waals surface area contributed by atoms with Gasteiger partial charge in [-0.05, 0) is 61.8 Å². The number of amides is 3. The molecular formula is C22H28N4O3. The van der Waals surface area contributed by atoms with Crippen molar-refractivity contribution in [1.82, 2.24) is 20.9 Å². The number of rotatable bonds is 5. The Morgan fingerprint density at radius 3 is 2.76 bits per heavy atom. The highest BCUT2D eigenvalue weighted by Crippen LogP contribution is 2.36. The SMILES string of the molecule is O=C1CCC(N2Cc3ccc(CNC4CCNC(C5CC5)C4)cc3C2=O)C(=O)N1. The highest BCUT2D eigenvalue weighted by Gasteiger charge is 2.39. The van der Waals surface area contributed by atoms with E-state index in [1.54, 1.807) is 4.90 Å². The predicted octanol–water partition coefficient (Wildman–Crippen LogP) is 1.07. The topological polar surface area (TPSA) is 90.5 Å². The maximum Gasteiger partial charge on any atom is 0.255 e. The molecule has 5 rings (SSSR count). The van der Waals surface area contributed by atoms with Crippen LogP contribution in [0.2, 0.25) is 0 Å². The summed E-state index contributed by atoms with van der Waals surface area (Å²) in [5.41, 5.74) is 2.75. The molecule has 1 aromatic carbocycles. The van der Waals surface area contributed by atoms with E-state index in [1.165, 1.54) is 19.3 Å². The third-order valence-electron chi connectivity index (χ3n) is 6.82. The average molecular weight is 396 g/mol. The second-order valence-electron chi connectivity index (χ2n) is 8.89. The second-order valence-corrected chi connectivity index (χ2v) is 8.89. The van der Waals surface area contributed by atoms with E-state index in [-0.39, 0.29) is 24.1 Å². The number of imide groups is 1. The molecular weight excluding hydrogens is 368 g/mol. The minimum atomic E-state index is -0.553. The van der Waals surface area contributed by atoms with Gasteiger partial charge in [0, 0.05) is 37.2 Å². The van der Waals surface area contributed by atoms with E-state index in [2.05, 4.69) is 22.0 Å². The molecule has 7 nitrogen and oxygen atoms in total. The van der Waals surface area contributed by atoms with Gasteiger partial charge in [-0.2, -0.15) is 0 Å². The number of fused-ring (bicyclic) bond motifs is 1. The summed E-state index contributed by atoms with van der Waals surface area (Å²) in [7, 11) is 0. The van der Waals surface area contributed by atoms with E-state index >= 15 is 0 Å². The van der Waals surface area contributed by atoms with Gasteiger partial charge in [0.2, 0.25) is 11.8 Å². The summed E-state index contributed by atoms with van der Waals surface area (Å²) in [6.07, 6.45) is 5.72. The van der Waals surface area contributed by atoms with Crippen molar-refractivity contribution in [2.24, 2.45) is 5.92 Å². The smallest absolute Gasteiger partial charge is 0.255 e. The van der Waals surface area contributed by atoms with E-state index in [0.29, 0.717) is 30.6 Å². The van der Waals surface area contributed by atoms with Crippen LogP contribution >= 0.6 is 0 Å². The Bertz CT molecular complexity index is 850. The van der Waals surface area contributed by atoms with Crippen molar-refractivity contribution in [2.75, 3.05) is 6.54 Å². The van der Waals surface area contributed by atoms with Crippen molar-refractivity contribution in [1.29, 1.82) is 0 Å². The summed E-state index contributed by atoms with van der Waals surface area (Å²) in [6.45, 7) is 2.26. The van der Waals surface area contributed by atoms with Gasteiger partial charge >= 0.3 is 0 Å². The summed E-state index contributed by atoms with van der Waals surface area (Å²) >= 11 is 0. The molecule has 154 valence electrons. The van der Waals surface area contributed by atoms with Crippen LogP contribution in [0.1, 0.15) is 60.0 Å². The van der Waals surface area contributed by atoms with E-state index in [0.717, 1.165) is 36.6 Å². The molecule has 7 heteroatoms. The van der Waals surface area contributed by atoms with Gasteiger partial charge in [0.05, 0.1) is 0 Å². The lowest BCUT2D eigenvalue weighted by Crippen LogP contribution is -2.52. The van der Waals surface area contributed by atoms with Crippen LogP contribution < -0.4 is 16.0 Å². The first-order valence-corrected chi connectivity index (χ1v) is 10.8. The number of nitrogens with one attached hydrogen (secondary N) is 3. The predicted molar refractivity (Wildman–Crippen MR) is 107 cm³/mol. The Hall–Kier alpha value is -2.25. The van der Waals surface area contributed by atoms with Gasteiger partial charge in [-0.1, -0.05) is 12.1 Å². The number of carbonyl (C=O) groups is 3. The summed E-state index contributed by atoms with van der Waals surface area (Å²) in [5.74, 6) is 0.147. The van der Waals surface area contributed by atoms with Crippen LogP contribution in [0.15, 0.2) is 18.2 Å². The molecule has 2 saturated heterocycles. The molecule has 0 aromatic heterocycles. The molecule has 0 radical (unpaired) electrons. The molecule has 3 atom stereocenters. The quantitative estimate of drug-likeness (QED) is 0.648. The minimum absolute atomic E-state index is 0.105. The molecule has 3 unspecified atom stereocenters. The lowest BCUT2D eigenvalue weighted by atomic mass is 9.96. The molecule has 3 aliphatic heterocycles. The third kappa shape index (κ3) is 3.81.